The van der Waals surface area contributed by atoms with E-state index in [9.17, 15) is 19.2 Å². The summed E-state index contributed by atoms with van der Waals surface area (Å²) in [5, 5.41) is 0. The molecule has 4 rings (SSSR count). The van der Waals surface area contributed by atoms with Crippen molar-refractivity contribution >= 4 is 35.4 Å². The number of esters is 1. The zero-order chi connectivity index (χ0) is 26.7. The number of hydrogen-bond donors (Lipinski definition) is 0. The van der Waals surface area contributed by atoms with Crippen LogP contribution < -0.4 is 9.80 Å². The molecular weight excluding hydrogens is 485 g/mol. The first kappa shape index (κ1) is 25.9. The lowest BCUT2D eigenvalue weighted by Crippen LogP contribution is -2.50. The summed E-state index contributed by atoms with van der Waals surface area (Å²) >= 11 is 0. The van der Waals surface area contributed by atoms with Crippen LogP contribution in [-0.4, -0.2) is 91.3 Å². The Labute approximate surface area is 213 Å². The number of pyridine rings is 1. The van der Waals surface area contributed by atoms with Gasteiger partial charge < -0.3 is 24.2 Å². The second-order valence-corrected chi connectivity index (χ2v) is 8.80. The number of nitrogens with zero attached hydrogens (tertiary/aromatic N) is 5. The number of benzene rings is 1. The molecule has 0 radical (unpaired) electrons. The van der Waals surface area contributed by atoms with Crippen LogP contribution >= 0.6 is 0 Å². The molecule has 2 aliphatic rings. The molecule has 0 spiro atoms. The number of carbonyl (C=O) groups excluding carboxylic acids is 4. The smallest absolute Gasteiger partial charge is 0.416 e. The molecule has 0 N–H and O–H groups in total. The van der Waals surface area contributed by atoms with Gasteiger partial charge in [-0.05, 0) is 30.3 Å². The molecule has 2 aliphatic heterocycles. The van der Waals surface area contributed by atoms with Crippen LogP contribution in [0.2, 0.25) is 0 Å². The summed E-state index contributed by atoms with van der Waals surface area (Å²) in [6.45, 7) is 4.55. The fourth-order valence-electron chi connectivity index (χ4n) is 4.14. The molecule has 0 aliphatic carbocycles. The molecule has 2 aromatic rings. The molecule has 0 saturated carbocycles. The number of aromatic nitrogens is 1. The van der Waals surface area contributed by atoms with Crippen LogP contribution in [0.15, 0.2) is 36.5 Å². The Morgan fingerprint density at radius 1 is 1.14 bits per heavy atom. The predicted molar refractivity (Wildman–Crippen MR) is 131 cm³/mol. The molecule has 12 heteroatoms. The quantitative estimate of drug-likeness (QED) is 0.538. The van der Waals surface area contributed by atoms with Gasteiger partial charge in [-0.2, -0.15) is 0 Å². The summed E-state index contributed by atoms with van der Waals surface area (Å²) in [6, 6.07) is 8.01. The molecule has 37 heavy (non-hydrogen) atoms. The summed E-state index contributed by atoms with van der Waals surface area (Å²) in [6.07, 6.45) is 0.191. The molecule has 2 fully saturated rings. The number of piperazine rings is 1. The Kier molecular flexibility index (Phi) is 7.55. The minimum absolute atomic E-state index is 0.104. The molecule has 1 aromatic carbocycles. The van der Waals surface area contributed by atoms with Crippen LogP contribution in [0, 0.1) is 5.82 Å². The maximum absolute atomic E-state index is 15.0. The first-order chi connectivity index (χ1) is 17.6. The monoisotopic (exact) mass is 513 g/mol. The molecule has 11 nitrogen and oxygen atoms in total. The number of amides is 3. The van der Waals surface area contributed by atoms with Crippen molar-refractivity contribution < 1.29 is 33.0 Å². The van der Waals surface area contributed by atoms with Gasteiger partial charge in [-0.25, -0.2) is 14.2 Å². The summed E-state index contributed by atoms with van der Waals surface area (Å²) < 4.78 is 25.0. The Balaban J connectivity index is 1.38. The van der Waals surface area contributed by atoms with Crippen molar-refractivity contribution in [2.75, 3.05) is 56.2 Å². The molecule has 196 valence electrons. The first-order valence-electron chi connectivity index (χ1n) is 11.8. The lowest BCUT2D eigenvalue weighted by Gasteiger charge is -2.35. The van der Waals surface area contributed by atoms with Gasteiger partial charge in [-0.1, -0.05) is 0 Å². The van der Waals surface area contributed by atoms with E-state index >= 15 is 4.39 Å². The van der Waals surface area contributed by atoms with E-state index in [0.29, 0.717) is 48.8 Å². The highest BCUT2D eigenvalue weighted by molar-refractivity contribution is 5.90. The third-order valence-electron chi connectivity index (χ3n) is 6.40. The lowest BCUT2D eigenvalue weighted by molar-refractivity contribution is -0.150. The van der Waals surface area contributed by atoms with Gasteiger partial charge in [0.2, 0.25) is 5.91 Å². The maximum atomic E-state index is 15.0. The van der Waals surface area contributed by atoms with E-state index in [4.69, 9.17) is 9.47 Å². The van der Waals surface area contributed by atoms with Crippen molar-refractivity contribution in [1.82, 2.24) is 14.8 Å². The third-order valence-corrected chi connectivity index (χ3v) is 6.40. The van der Waals surface area contributed by atoms with Crippen molar-refractivity contribution in [3.05, 3.63) is 42.3 Å². The highest BCUT2D eigenvalue weighted by Gasteiger charge is 2.36. The summed E-state index contributed by atoms with van der Waals surface area (Å²) in [7, 11) is 1.54. The topological polar surface area (TPSA) is 113 Å². The number of anilines is 2. The van der Waals surface area contributed by atoms with E-state index in [0.717, 1.165) is 0 Å². The Morgan fingerprint density at radius 2 is 1.86 bits per heavy atom. The molecule has 2 saturated heterocycles. The van der Waals surface area contributed by atoms with Gasteiger partial charge in [0, 0.05) is 64.4 Å². The average molecular weight is 514 g/mol. The van der Waals surface area contributed by atoms with Gasteiger partial charge in [0.05, 0.1) is 12.2 Å². The van der Waals surface area contributed by atoms with E-state index in [1.165, 1.54) is 36.8 Å². The fraction of sp³-hybridized carbons (Fsp3) is 0.400. The van der Waals surface area contributed by atoms with E-state index in [2.05, 4.69) is 4.98 Å². The Hall–Kier alpha value is -4.22. The van der Waals surface area contributed by atoms with E-state index < -0.39 is 24.1 Å². The number of hydrogen-bond acceptors (Lipinski definition) is 8. The number of rotatable bonds is 6. The number of carbonyl (C=O) groups is 4. The number of cyclic esters (lactones) is 1. The lowest BCUT2D eigenvalue weighted by atomic mass is 10.1. The molecule has 3 amide bonds. The Bertz CT molecular complexity index is 1200. The van der Waals surface area contributed by atoms with E-state index in [1.54, 1.807) is 35.4 Å². The number of likely N-dealkylation sites (N-methyl/N-ethyl adjacent to an activating group) is 1. The summed E-state index contributed by atoms with van der Waals surface area (Å²) in [5.41, 5.74) is 1.23. The summed E-state index contributed by atoms with van der Waals surface area (Å²) in [5.74, 6) is -0.795. The second-order valence-electron chi connectivity index (χ2n) is 8.80. The largest absolute Gasteiger partial charge is 0.456 e. The van der Waals surface area contributed by atoms with Gasteiger partial charge in [0.1, 0.15) is 11.6 Å². The standard InChI is InChI=1S/C25H28FN5O6/c1-16(32)28(3)24-14-31(25(35)37-24)19-5-6-20(21(26)12-19)18-4-7-22(27-13-18)29-8-10-30(11-9-29)23(34)15-36-17(2)33/h4-7,12-13,24H,8-11,14-15H2,1-3H3/t24-/m0/s1. The first-order valence-corrected chi connectivity index (χ1v) is 11.8. The molecule has 3 heterocycles. The van der Waals surface area contributed by atoms with Crippen molar-refractivity contribution in [2.24, 2.45) is 0 Å². The van der Waals surface area contributed by atoms with Crippen LogP contribution in [0.5, 0.6) is 0 Å². The average Bonchev–Trinajstić information content (AvgIpc) is 3.28. The minimum atomic E-state index is -0.738. The van der Waals surface area contributed by atoms with Gasteiger partial charge in [0.25, 0.3) is 5.91 Å². The molecule has 0 unspecified atom stereocenters. The molecule has 1 aromatic heterocycles. The molecule has 1 atom stereocenters. The highest BCUT2D eigenvalue weighted by Crippen LogP contribution is 2.30. The SMILES string of the molecule is CC(=O)OCC(=O)N1CCN(c2ccc(-c3ccc(N4C[C@@H](N(C)C(C)=O)OC4=O)cc3F)cn2)CC1. The Morgan fingerprint density at radius 3 is 2.46 bits per heavy atom. The highest BCUT2D eigenvalue weighted by atomic mass is 19.1. The maximum Gasteiger partial charge on any atom is 0.416 e. The zero-order valence-electron chi connectivity index (χ0n) is 20.8. The normalized spacial score (nSPS) is 17.5. The third kappa shape index (κ3) is 5.79. The van der Waals surface area contributed by atoms with Crippen LogP contribution in [0.1, 0.15) is 13.8 Å². The van der Waals surface area contributed by atoms with Gasteiger partial charge in [0.15, 0.2) is 12.8 Å². The van der Waals surface area contributed by atoms with Gasteiger partial charge in [-0.15, -0.1) is 0 Å². The van der Waals surface area contributed by atoms with Crippen molar-refractivity contribution in [3.8, 4) is 11.1 Å². The van der Waals surface area contributed by atoms with Crippen molar-refractivity contribution in [1.29, 1.82) is 0 Å². The molecule has 0 bridgehead atoms. The van der Waals surface area contributed by atoms with Crippen LogP contribution in [-0.2, 0) is 23.9 Å². The minimum Gasteiger partial charge on any atom is -0.456 e. The van der Waals surface area contributed by atoms with Crippen LogP contribution in [0.4, 0.5) is 20.7 Å². The van der Waals surface area contributed by atoms with Crippen molar-refractivity contribution in [2.45, 2.75) is 20.1 Å². The van der Waals surface area contributed by atoms with Gasteiger partial charge in [-0.3, -0.25) is 19.3 Å². The summed E-state index contributed by atoms with van der Waals surface area (Å²) in [4.78, 5) is 57.6. The second kappa shape index (κ2) is 10.8. The van der Waals surface area contributed by atoms with E-state index in [-0.39, 0.29) is 25.0 Å². The fourth-order valence-corrected chi connectivity index (χ4v) is 4.14. The van der Waals surface area contributed by atoms with Gasteiger partial charge >= 0.3 is 12.1 Å². The van der Waals surface area contributed by atoms with Crippen LogP contribution in [0.25, 0.3) is 11.1 Å². The predicted octanol–water partition coefficient (Wildman–Crippen LogP) is 1.86. The van der Waals surface area contributed by atoms with E-state index in [1.807, 2.05) is 4.90 Å². The van der Waals surface area contributed by atoms with Crippen molar-refractivity contribution in [3.63, 3.8) is 0 Å². The number of halogens is 1. The number of ether oxygens (including phenoxy) is 2. The molecular formula is C25H28FN5O6. The zero-order valence-corrected chi connectivity index (χ0v) is 20.8. The van der Waals surface area contributed by atoms with Crippen LogP contribution in [0.3, 0.4) is 0 Å².